The van der Waals surface area contributed by atoms with Crippen molar-refractivity contribution in [2.75, 3.05) is 23.7 Å². The number of carbonyl (C=O) groups is 2. The highest BCUT2D eigenvalue weighted by atomic mass is 35.5. The van der Waals surface area contributed by atoms with Crippen molar-refractivity contribution in [3.05, 3.63) is 71.4 Å². The SMILES string of the molecule is CCCCCN(CC(=O)Nc1cc(C(C)(C)C)nn1-c1ccccc1Cl)C(=O)Nc1ccccc1. The van der Waals surface area contributed by atoms with Gasteiger partial charge in [-0.3, -0.25) is 4.79 Å². The molecule has 0 fully saturated rings. The van der Waals surface area contributed by atoms with Crippen molar-refractivity contribution in [3.63, 3.8) is 0 Å². The Hall–Kier alpha value is -3.32. The molecule has 0 bridgehead atoms. The van der Waals surface area contributed by atoms with Crippen LogP contribution in [0.15, 0.2) is 60.7 Å². The summed E-state index contributed by atoms with van der Waals surface area (Å²) in [5, 5.41) is 11.1. The largest absolute Gasteiger partial charge is 0.322 e. The number of hydrogen-bond donors (Lipinski definition) is 2. The van der Waals surface area contributed by atoms with Gasteiger partial charge in [-0.05, 0) is 30.7 Å². The van der Waals surface area contributed by atoms with Crippen LogP contribution < -0.4 is 10.6 Å². The Bertz CT molecular complexity index is 1140. The second-order valence-corrected chi connectivity index (χ2v) is 9.91. The molecular formula is C27H34ClN5O2. The number of unbranched alkanes of at least 4 members (excludes halogenated alkanes) is 2. The lowest BCUT2D eigenvalue weighted by Gasteiger charge is -2.23. The Balaban J connectivity index is 1.81. The van der Waals surface area contributed by atoms with Crippen molar-refractivity contribution in [3.8, 4) is 5.69 Å². The van der Waals surface area contributed by atoms with E-state index in [4.69, 9.17) is 16.7 Å². The third-order valence-corrected chi connectivity index (χ3v) is 5.82. The average molecular weight is 496 g/mol. The first kappa shape index (κ1) is 26.3. The molecule has 0 unspecified atom stereocenters. The minimum Gasteiger partial charge on any atom is -0.315 e. The summed E-state index contributed by atoms with van der Waals surface area (Å²) >= 11 is 6.43. The Kier molecular flexibility index (Phi) is 8.93. The Morgan fingerprint density at radius 1 is 1.00 bits per heavy atom. The summed E-state index contributed by atoms with van der Waals surface area (Å²) < 4.78 is 1.65. The monoisotopic (exact) mass is 495 g/mol. The Labute approximate surface area is 212 Å². The van der Waals surface area contributed by atoms with Gasteiger partial charge in [0, 0.05) is 23.7 Å². The van der Waals surface area contributed by atoms with E-state index in [1.165, 1.54) is 0 Å². The van der Waals surface area contributed by atoms with Crippen LogP contribution in [0.3, 0.4) is 0 Å². The molecule has 35 heavy (non-hydrogen) atoms. The predicted octanol–water partition coefficient (Wildman–Crippen LogP) is 6.49. The van der Waals surface area contributed by atoms with Crippen LogP contribution in [0, 0.1) is 0 Å². The molecule has 2 aromatic carbocycles. The number of amides is 3. The lowest BCUT2D eigenvalue weighted by Crippen LogP contribution is -2.41. The molecule has 8 heteroatoms. The summed E-state index contributed by atoms with van der Waals surface area (Å²) in [6.07, 6.45) is 2.82. The van der Waals surface area contributed by atoms with E-state index in [1.54, 1.807) is 15.6 Å². The fraction of sp³-hybridized carbons (Fsp3) is 0.370. The van der Waals surface area contributed by atoms with Crippen molar-refractivity contribution in [2.45, 2.75) is 52.4 Å². The van der Waals surface area contributed by atoms with E-state index in [1.807, 2.05) is 54.6 Å². The highest BCUT2D eigenvalue weighted by molar-refractivity contribution is 6.32. The van der Waals surface area contributed by atoms with Gasteiger partial charge in [0.05, 0.1) is 16.4 Å². The van der Waals surface area contributed by atoms with Gasteiger partial charge in [0.2, 0.25) is 5.91 Å². The van der Waals surface area contributed by atoms with E-state index in [9.17, 15) is 9.59 Å². The highest BCUT2D eigenvalue weighted by Crippen LogP contribution is 2.29. The van der Waals surface area contributed by atoms with Crippen LogP contribution in [0.2, 0.25) is 5.02 Å². The summed E-state index contributed by atoms with van der Waals surface area (Å²) in [7, 11) is 0. The lowest BCUT2D eigenvalue weighted by molar-refractivity contribution is -0.116. The molecule has 0 radical (unpaired) electrons. The van der Waals surface area contributed by atoms with Crippen molar-refractivity contribution >= 4 is 35.0 Å². The third kappa shape index (κ3) is 7.33. The second kappa shape index (κ2) is 11.9. The number of nitrogens with zero attached hydrogens (tertiary/aromatic N) is 3. The molecule has 186 valence electrons. The third-order valence-electron chi connectivity index (χ3n) is 5.50. The summed E-state index contributed by atoms with van der Waals surface area (Å²) in [5.41, 5.74) is 1.94. The molecule has 0 atom stereocenters. The van der Waals surface area contributed by atoms with Crippen molar-refractivity contribution in [1.82, 2.24) is 14.7 Å². The summed E-state index contributed by atoms with van der Waals surface area (Å²) in [5.74, 6) is 0.198. The first-order valence-corrected chi connectivity index (χ1v) is 12.3. The van der Waals surface area contributed by atoms with E-state index < -0.39 is 0 Å². The van der Waals surface area contributed by atoms with Crippen molar-refractivity contribution in [1.29, 1.82) is 0 Å². The first-order chi connectivity index (χ1) is 16.7. The van der Waals surface area contributed by atoms with Gasteiger partial charge in [0.25, 0.3) is 0 Å². The number of para-hydroxylation sites is 2. The molecule has 1 aromatic heterocycles. The van der Waals surface area contributed by atoms with E-state index in [0.29, 0.717) is 28.8 Å². The number of rotatable bonds is 9. The van der Waals surface area contributed by atoms with Crippen LogP contribution in [0.25, 0.3) is 5.69 Å². The predicted molar refractivity (Wildman–Crippen MR) is 142 cm³/mol. The molecule has 3 amide bonds. The molecule has 2 N–H and O–H groups in total. The lowest BCUT2D eigenvalue weighted by atomic mass is 9.92. The molecular weight excluding hydrogens is 462 g/mol. The van der Waals surface area contributed by atoms with Crippen molar-refractivity contribution in [2.24, 2.45) is 0 Å². The fourth-order valence-electron chi connectivity index (χ4n) is 3.53. The van der Waals surface area contributed by atoms with Crippen LogP contribution in [-0.4, -0.2) is 39.7 Å². The molecule has 7 nitrogen and oxygen atoms in total. The topological polar surface area (TPSA) is 79.3 Å². The highest BCUT2D eigenvalue weighted by Gasteiger charge is 2.23. The molecule has 0 aliphatic rings. The van der Waals surface area contributed by atoms with Gasteiger partial charge in [0.1, 0.15) is 12.4 Å². The Morgan fingerprint density at radius 2 is 1.69 bits per heavy atom. The number of anilines is 2. The number of carbonyl (C=O) groups excluding carboxylic acids is 2. The summed E-state index contributed by atoms with van der Waals surface area (Å²) in [4.78, 5) is 27.6. The van der Waals surface area contributed by atoms with Crippen LogP contribution in [-0.2, 0) is 10.2 Å². The maximum Gasteiger partial charge on any atom is 0.322 e. The van der Waals surface area contributed by atoms with Gasteiger partial charge in [-0.1, -0.05) is 82.5 Å². The van der Waals surface area contributed by atoms with Gasteiger partial charge in [-0.2, -0.15) is 5.10 Å². The average Bonchev–Trinajstić information content (AvgIpc) is 3.23. The quantitative estimate of drug-likeness (QED) is 0.333. The standard InChI is InChI=1S/C27H34ClN5O2/c1-5-6-12-17-32(26(35)29-20-13-8-7-9-14-20)19-25(34)30-24-18-23(27(2,3)4)31-33(24)22-16-11-10-15-21(22)28/h7-11,13-16,18H,5-6,12,17,19H2,1-4H3,(H,29,35)(H,30,34). The zero-order valence-corrected chi connectivity index (χ0v) is 21.6. The molecule has 0 spiro atoms. The molecule has 0 aliphatic heterocycles. The molecule has 0 saturated carbocycles. The smallest absolute Gasteiger partial charge is 0.315 e. The van der Waals surface area contributed by atoms with E-state index in [2.05, 4.69) is 38.3 Å². The number of halogens is 1. The molecule has 1 heterocycles. The van der Waals surface area contributed by atoms with Gasteiger partial charge >= 0.3 is 6.03 Å². The van der Waals surface area contributed by atoms with Crippen LogP contribution in [0.4, 0.5) is 16.3 Å². The van der Waals surface area contributed by atoms with Gasteiger partial charge < -0.3 is 15.5 Å². The first-order valence-electron chi connectivity index (χ1n) is 12.0. The van der Waals surface area contributed by atoms with Crippen LogP contribution in [0.1, 0.15) is 52.7 Å². The normalized spacial score (nSPS) is 11.2. The summed E-state index contributed by atoms with van der Waals surface area (Å²) in [6, 6.07) is 18.1. The van der Waals surface area contributed by atoms with Gasteiger partial charge in [-0.15, -0.1) is 0 Å². The number of nitrogens with one attached hydrogen (secondary N) is 2. The van der Waals surface area contributed by atoms with E-state index >= 15 is 0 Å². The van der Waals surface area contributed by atoms with Crippen molar-refractivity contribution < 1.29 is 9.59 Å². The van der Waals surface area contributed by atoms with E-state index in [0.717, 1.165) is 25.0 Å². The second-order valence-electron chi connectivity index (χ2n) is 9.50. The zero-order valence-electron chi connectivity index (χ0n) is 20.8. The number of urea groups is 1. The minimum atomic E-state index is -0.308. The van der Waals surface area contributed by atoms with Crippen LogP contribution in [0.5, 0.6) is 0 Å². The molecule has 0 saturated heterocycles. The minimum absolute atomic E-state index is 0.0824. The molecule has 3 aromatic rings. The summed E-state index contributed by atoms with van der Waals surface area (Å²) in [6.45, 7) is 8.67. The maximum atomic E-state index is 13.1. The van der Waals surface area contributed by atoms with Gasteiger partial charge in [-0.25, -0.2) is 9.48 Å². The zero-order chi connectivity index (χ0) is 25.4. The fourth-order valence-corrected chi connectivity index (χ4v) is 3.74. The molecule has 0 aliphatic carbocycles. The molecule has 3 rings (SSSR count). The number of hydrogen-bond acceptors (Lipinski definition) is 3. The Morgan fingerprint density at radius 3 is 2.34 bits per heavy atom. The van der Waals surface area contributed by atoms with Crippen LogP contribution >= 0.6 is 11.6 Å². The maximum absolute atomic E-state index is 13.1. The van der Waals surface area contributed by atoms with E-state index in [-0.39, 0.29) is 23.9 Å². The van der Waals surface area contributed by atoms with Gasteiger partial charge in [0.15, 0.2) is 0 Å². The number of benzene rings is 2. The number of aromatic nitrogens is 2.